The second-order valence-electron chi connectivity index (χ2n) is 8.84. The van der Waals surface area contributed by atoms with Crippen LogP contribution in [0.15, 0.2) is 48.0 Å². The largest absolute Gasteiger partial charge is 0.507 e. The van der Waals surface area contributed by atoms with Crippen LogP contribution in [0.5, 0.6) is 0 Å². The molecular weight excluding hydrogens is 439 g/mol. The Morgan fingerprint density at radius 3 is 2.65 bits per heavy atom. The zero-order chi connectivity index (χ0) is 24.2. The number of aliphatic hydroxyl groups excluding tert-OH is 1. The average molecular weight is 464 g/mol. The second-order valence-corrected chi connectivity index (χ2v) is 8.84. The molecule has 5 rings (SSSR count). The molecule has 3 aliphatic heterocycles. The first-order chi connectivity index (χ1) is 16.3. The second kappa shape index (κ2) is 8.06. The highest BCUT2D eigenvalue weighted by molar-refractivity contribution is 6.50. The molecule has 3 heterocycles. The molecule has 2 aromatic carbocycles. The van der Waals surface area contributed by atoms with Crippen LogP contribution >= 0.6 is 0 Å². The van der Waals surface area contributed by atoms with Crippen LogP contribution < -0.4 is 4.90 Å². The smallest absolute Gasteiger partial charge is 0.296 e. The van der Waals surface area contributed by atoms with Crippen LogP contribution in [0.25, 0.3) is 5.76 Å². The number of fused-ring (bicyclic) bond motifs is 2. The highest BCUT2D eigenvalue weighted by Gasteiger charge is 2.67. The van der Waals surface area contributed by atoms with E-state index in [1.807, 2.05) is 0 Å². The maximum absolute atomic E-state index is 14.4. The summed E-state index contributed by atoms with van der Waals surface area (Å²) in [6.45, 7) is 4.25. The fourth-order valence-corrected chi connectivity index (χ4v) is 5.31. The van der Waals surface area contributed by atoms with E-state index < -0.39 is 34.7 Å². The molecule has 2 saturated heterocycles. The summed E-state index contributed by atoms with van der Waals surface area (Å²) < 4.78 is 20.1. The number of Topliss-reactive ketones (excluding diaryl/α,β-unsaturated/α-hetero) is 1. The average Bonchev–Trinajstić information content (AvgIpc) is 3.49. The number of anilines is 1. The van der Waals surface area contributed by atoms with Gasteiger partial charge < -0.3 is 19.6 Å². The molecule has 0 aromatic heterocycles. The Balaban J connectivity index is 1.80. The van der Waals surface area contributed by atoms with Crippen molar-refractivity contribution < 1.29 is 28.6 Å². The Kier molecular flexibility index (Phi) is 5.28. The van der Waals surface area contributed by atoms with Gasteiger partial charge in [-0.05, 0) is 44.4 Å². The number of ether oxygens (including phenoxy) is 1. The van der Waals surface area contributed by atoms with Crippen molar-refractivity contribution in [2.24, 2.45) is 0 Å². The van der Waals surface area contributed by atoms with Crippen LogP contribution in [-0.2, 0) is 24.7 Å². The number of likely N-dealkylation sites (N-methyl/N-ethyl adjacent to an activating group) is 1. The lowest BCUT2D eigenvalue weighted by atomic mass is 9.81. The lowest BCUT2D eigenvalue weighted by Gasteiger charge is -2.35. The lowest BCUT2D eigenvalue weighted by molar-refractivity contribution is -0.145. The van der Waals surface area contributed by atoms with Gasteiger partial charge in [-0.3, -0.25) is 14.4 Å². The van der Waals surface area contributed by atoms with Crippen molar-refractivity contribution in [3.63, 3.8) is 0 Å². The van der Waals surface area contributed by atoms with Crippen molar-refractivity contribution in [3.8, 4) is 0 Å². The van der Waals surface area contributed by atoms with Gasteiger partial charge in [0.05, 0.1) is 17.4 Å². The molecule has 0 unspecified atom stereocenters. The highest BCUT2D eigenvalue weighted by Crippen LogP contribution is 2.53. The predicted molar refractivity (Wildman–Crippen MR) is 123 cm³/mol. The van der Waals surface area contributed by atoms with Crippen molar-refractivity contribution in [2.75, 3.05) is 24.6 Å². The van der Waals surface area contributed by atoms with Gasteiger partial charge >= 0.3 is 0 Å². The number of carbonyl (C=O) groups is 3. The molecule has 2 fully saturated rings. The number of aryl methyl sites for hydroxylation is 1. The molecule has 0 radical (unpaired) electrons. The van der Waals surface area contributed by atoms with E-state index in [0.717, 1.165) is 12.5 Å². The topological polar surface area (TPSA) is 87.2 Å². The van der Waals surface area contributed by atoms with E-state index in [0.29, 0.717) is 36.4 Å². The van der Waals surface area contributed by atoms with Crippen molar-refractivity contribution in [1.29, 1.82) is 0 Å². The maximum atomic E-state index is 14.4. The predicted octanol–water partition coefficient (Wildman–Crippen LogP) is 3.26. The number of rotatable bonds is 4. The summed E-state index contributed by atoms with van der Waals surface area (Å²) >= 11 is 0. The van der Waals surface area contributed by atoms with Crippen LogP contribution in [0.2, 0.25) is 0 Å². The van der Waals surface area contributed by atoms with Gasteiger partial charge in [-0.25, -0.2) is 4.39 Å². The molecule has 34 heavy (non-hydrogen) atoms. The van der Waals surface area contributed by atoms with Gasteiger partial charge in [-0.1, -0.05) is 30.3 Å². The van der Waals surface area contributed by atoms with Gasteiger partial charge in [-0.15, -0.1) is 0 Å². The summed E-state index contributed by atoms with van der Waals surface area (Å²) in [6.07, 6.45) is 1.17. The van der Waals surface area contributed by atoms with Crippen LogP contribution in [0.3, 0.4) is 0 Å². The van der Waals surface area contributed by atoms with Crippen molar-refractivity contribution in [2.45, 2.75) is 38.3 Å². The number of nitrogens with zero attached hydrogens (tertiary/aromatic N) is 2. The van der Waals surface area contributed by atoms with Gasteiger partial charge in [0.15, 0.2) is 5.54 Å². The van der Waals surface area contributed by atoms with Gasteiger partial charge in [0, 0.05) is 30.8 Å². The van der Waals surface area contributed by atoms with Gasteiger partial charge in [0.25, 0.3) is 17.6 Å². The van der Waals surface area contributed by atoms with E-state index in [1.54, 1.807) is 38.1 Å². The quantitative estimate of drug-likeness (QED) is 0.426. The third-order valence-electron chi connectivity index (χ3n) is 6.98. The summed E-state index contributed by atoms with van der Waals surface area (Å²) in [7, 11) is 0. The number of benzene rings is 2. The summed E-state index contributed by atoms with van der Waals surface area (Å²) in [6, 6.07) is 11.0. The molecule has 1 spiro atoms. The lowest BCUT2D eigenvalue weighted by Crippen LogP contribution is -2.53. The third-order valence-corrected chi connectivity index (χ3v) is 6.98. The first-order valence-corrected chi connectivity index (χ1v) is 11.4. The first kappa shape index (κ1) is 22.3. The molecule has 8 heteroatoms. The molecule has 2 aromatic rings. The maximum Gasteiger partial charge on any atom is 0.296 e. The molecule has 0 aliphatic carbocycles. The van der Waals surface area contributed by atoms with Gasteiger partial charge in [0.2, 0.25) is 0 Å². The van der Waals surface area contributed by atoms with Crippen LogP contribution in [0, 0.1) is 12.7 Å². The Labute approximate surface area is 196 Å². The SMILES string of the molecule is CCN1C(=O)[C@@]2(C(=C(O)c3ccc(C)c(F)c3)C(=O)C(=O)N2C[C@@H]2CCCO2)c2ccccc21. The molecule has 176 valence electrons. The van der Waals surface area contributed by atoms with Crippen LogP contribution in [-0.4, -0.2) is 53.4 Å². The summed E-state index contributed by atoms with van der Waals surface area (Å²) in [5.41, 5.74) is -0.795. The molecule has 7 nitrogen and oxygen atoms in total. The van der Waals surface area contributed by atoms with E-state index in [2.05, 4.69) is 0 Å². The fourth-order valence-electron chi connectivity index (χ4n) is 5.31. The number of hydrogen-bond acceptors (Lipinski definition) is 5. The number of amides is 2. The Hall–Kier alpha value is -3.52. The standard InChI is InChI=1S/C26H25FN2O5/c1-3-28-20-9-5-4-8-18(20)26(25(28)33)21(22(30)16-11-10-15(2)19(27)13-16)23(31)24(32)29(26)14-17-7-6-12-34-17/h4-5,8-11,13,17,30H,3,6-7,12,14H2,1-2H3/t17-,26-/m0/s1. The molecule has 2 atom stereocenters. The van der Waals surface area contributed by atoms with Gasteiger partial charge in [0.1, 0.15) is 11.6 Å². The number of carbonyl (C=O) groups excluding carboxylic acids is 3. The number of ketones is 1. The summed E-state index contributed by atoms with van der Waals surface area (Å²) in [5, 5.41) is 11.3. The monoisotopic (exact) mass is 464 g/mol. The zero-order valence-electron chi connectivity index (χ0n) is 19.0. The Bertz CT molecular complexity index is 1250. The molecule has 0 bridgehead atoms. The number of likely N-dealkylation sites (tertiary alicyclic amines) is 1. The molecule has 1 N–H and O–H groups in total. The minimum absolute atomic E-state index is 0.0258. The number of para-hydroxylation sites is 1. The van der Waals surface area contributed by atoms with Gasteiger partial charge in [-0.2, -0.15) is 0 Å². The highest BCUT2D eigenvalue weighted by atomic mass is 19.1. The summed E-state index contributed by atoms with van der Waals surface area (Å²) in [4.78, 5) is 43.7. The first-order valence-electron chi connectivity index (χ1n) is 11.4. The minimum atomic E-state index is -1.85. The molecule has 3 aliphatic rings. The van der Waals surface area contributed by atoms with Crippen molar-refractivity contribution in [3.05, 3.63) is 70.5 Å². The normalized spacial score (nSPS) is 25.6. The Morgan fingerprint density at radius 2 is 1.97 bits per heavy atom. The molecule has 0 saturated carbocycles. The van der Waals surface area contributed by atoms with Crippen LogP contribution in [0.4, 0.5) is 10.1 Å². The van der Waals surface area contributed by atoms with E-state index in [4.69, 9.17) is 4.74 Å². The minimum Gasteiger partial charge on any atom is -0.507 e. The number of aliphatic hydroxyl groups is 1. The van der Waals surface area contributed by atoms with Crippen molar-refractivity contribution in [1.82, 2.24) is 4.90 Å². The van der Waals surface area contributed by atoms with E-state index >= 15 is 0 Å². The molecular formula is C26H25FN2O5. The van der Waals surface area contributed by atoms with E-state index in [9.17, 15) is 23.9 Å². The van der Waals surface area contributed by atoms with E-state index in [-0.39, 0.29) is 23.8 Å². The van der Waals surface area contributed by atoms with Crippen LogP contribution in [0.1, 0.15) is 36.5 Å². The molecule has 2 amide bonds. The fraction of sp³-hybridized carbons (Fsp3) is 0.346. The number of halogens is 1. The van der Waals surface area contributed by atoms with Crippen molar-refractivity contribution >= 4 is 29.0 Å². The van der Waals surface area contributed by atoms with E-state index in [1.165, 1.54) is 21.9 Å². The summed E-state index contributed by atoms with van der Waals surface area (Å²) in [5.74, 6) is -3.50. The zero-order valence-corrected chi connectivity index (χ0v) is 19.0. The number of hydrogen-bond donors (Lipinski definition) is 1. The Morgan fingerprint density at radius 1 is 1.21 bits per heavy atom. The third kappa shape index (κ3) is 2.94.